The average Bonchev–Trinajstić information content (AvgIpc) is 2.62. The van der Waals surface area contributed by atoms with Gasteiger partial charge in [-0.05, 0) is 36.8 Å². The van der Waals surface area contributed by atoms with E-state index in [1.807, 2.05) is 0 Å². The maximum absolute atomic E-state index is 12.2. The first-order valence-corrected chi connectivity index (χ1v) is 8.45. The van der Waals surface area contributed by atoms with Gasteiger partial charge in [0.05, 0.1) is 4.92 Å². The van der Waals surface area contributed by atoms with Crippen molar-refractivity contribution in [2.45, 2.75) is 32.6 Å². The summed E-state index contributed by atoms with van der Waals surface area (Å²) in [5.41, 5.74) is 1.26. The minimum atomic E-state index is -0.520. The Kier molecular flexibility index (Phi) is 6.84. The van der Waals surface area contributed by atoms with Gasteiger partial charge in [-0.2, -0.15) is 0 Å². The zero-order valence-electron chi connectivity index (χ0n) is 14.5. The Morgan fingerprint density at radius 2 is 1.73 bits per heavy atom. The summed E-state index contributed by atoms with van der Waals surface area (Å²) in [7, 11) is 0. The van der Waals surface area contributed by atoms with E-state index in [-0.39, 0.29) is 17.5 Å². The van der Waals surface area contributed by atoms with Gasteiger partial charge in [-0.15, -0.1) is 0 Å². The number of non-ortho nitro benzene ring substituents is 1. The van der Waals surface area contributed by atoms with Crippen LogP contribution in [-0.4, -0.2) is 16.7 Å². The second-order valence-electron chi connectivity index (χ2n) is 5.84. The van der Waals surface area contributed by atoms with Gasteiger partial charge in [0.25, 0.3) is 11.6 Å². The van der Waals surface area contributed by atoms with E-state index in [9.17, 15) is 19.7 Å². The van der Waals surface area contributed by atoms with Gasteiger partial charge >= 0.3 is 0 Å². The molecule has 0 atom stereocenters. The van der Waals surface area contributed by atoms with E-state index < -0.39 is 4.92 Å². The lowest BCUT2D eigenvalue weighted by Crippen LogP contribution is -2.13. The zero-order chi connectivity index (χ0) is 18.9. The van der Waals surface area contributed by atoms with Gasteiger partial charge in [-0.25, -0.2) is 0 Å². The van der Waals surface area contributed by atoms with Crippen molar-refractivity contribution < 1.29 is 14.5 Å². The lowest BCUT2D eigenvalue weighted by Gasteiger charge is -2.08. The van der Waals surface area contributed by atoms with E-state index in [0.29, 0.717) is 23.4 Å². The Morgan fingerprint density at radius 3 is 2.38 bits per heavy atom. The summed E-state index contributed by atoms with van der Waals surface area (Å²) >= 11 is 0. The molecule has 2 aromatic carbocycles. The third-order valence-electron chi connectivity index (χ3n) is 3.75. The molecule has 0 aromatic heterocycles. The van der Waals surface area contributed by atoms with Crippen LogP contribution in [0.2, 0.25) is 0 Å². The number of carbonyl (C=O) groups excluding carboxylic acids is 2. The molecular weight excluding hydrogens is 334 g/mol. The van der Waals surface area contributed by atoms with Gasteiger partial charge in [0.15, 0.2) is 0 Å². The summed E-state index contributed by atoms with van der Waals surface area (Å²) in [6.07, 6.45) is 3.40. The van der Waals surface area contributed by atoms with Crippen LogP contribution in [0.4, 0.5) is 17.1 Å². The molecule has 0 fully saturated rings. The second kappa shape index (κ2) is 9.31. The van der Waals surface area contributed by atoms with E-state index in [1.54, 1.807) is 30.3 Å². The molecule has 0 radical (unpaired) electrons. The Bertz CT molecular complexity index is 788. The standard InChI is InChI=1S/C19H21N3O4/c1-2-3-4-8-18(23)20-15-11-9-14(10-12-15)19(24)21-16-6-5-7-17(13-16)22(25)26/h5-7,9-13H,2-4,8H2,1H3,(H,20,23)(H,21,24). The third kappa shape index (κ3) is 5.70. The normalized spacial score (nSPS) is 10.2. The molecule has 0 unspecified atom stereocenters. The van der Waals surface area contributed by atoms with E-state index in [4.69, 9.17) is 0 Å². The largest absolute Gasteiger partial charge is 0.326 e. The van der Waals surface area contributed by atoms with Gasteiger partial charge in [-0.3, -0.25) is 19.7 Å². The third-order valence-corrected chi connectivity index (χ3v) is 3.75. The maximum atomic E-state index is 12.2. The summed E-state index contributed by atoms with van der Waals surface area (Å²) in [5.74, 6) is -0.432. The molecule has 0 aliphatic heterocycles. The van der Waals surface area contributed by atoms with E-state index in [0.717, 1.165) is 19.3 Å². The minimum absolute atomic E-state index is 0.0488. The number of rotatable bonds is 8. The summed E-state index contributed by atoms with van der Waals surface area (Å²) in [6.45, 7) is 2.08. The van der Waals surface area contributed by atoms with E-state index in [1.165, 1.54) is 18.2 Å². The number of amides is 2. The molecule has 2 rings (SSSR count). The molecule has 0 aliphatic carbocycles. The highest BCUT2D eigenvalue weighted by molar-refractivity contribution is 6.04. The fourth-order valence-electron chi connectivity index (χ4n) is 2.36. The summed E-state index contributed by atoms with van der Waals surface area (Å²) in [4.78, 5) is 34.3. The van der Waals surface area contributed by atoms with Crippen LogP contribution in [0.25, 0.3) is 0 Å². The number of anilines is 2. The first-order chi connectivity index (χ1) is 12.5. The molecule has 0 saturated carbocycles. The molecule has 0 saturated heterocycles. The van der Waals surface area contributed by atoms with Crippen molar-refractivity contribution in [1.29, 1.82) is 0 Å². The fourth-order valence-corrected chi connectivity index (χ4v) is 2.36. The van der Waals surface area contributed by atoms with Crippen molar-refractivity contribution in [2.75, 3.05) is 10.6 Å². The maximum Gasteiger partial charge on any atom is 0.271 e. The highest BCUT2D eigenvalue weighted by Crippen LogP contribution is 2.18. The SMILES string of the molecule is CCCCCC(=O)Nc1ccc(C(=O)Nc2cccc([N+](=O)[O-])c2)cc1. The predicted molar refractivity (Wildman–Crippen MR) is 100 cm³/mol. The van der Waals surface area contributed by atoms with E-state index >= 15 is 0 Å². The van der Waals surface area contributed by atoms with Crippen LogP contribution in [0.5, 0.6) is 0 Å². The summed E-state index contributed by atoms with van der Waals surface area (Å²) < 4.78 is 0. The number of benzene rings is 2. The van der Waals surface area contributed by atoms with Crippen molar-refractivity contribution in [1.82, 2.24) is 0 Å². The van der Waals surface area contributed by atoms with Crippen LogP contribution in [0.15, 0.2) is 48.5 Å². The number of hydrogen-bond donors (Lipinski definition) is 2. The average molecular weight is 355 g/mol. The molecular formula is C19H21N3O4. The number of nitrogens with zero attached hydrogens (tertiary/aromatic N) is 1. The number of nitro groups is 1. The van der Waals surface area contributed by atoms with Crippen molar-refractivity contribution in [3.05, 3.63) is 64.2 Å². The van der Waals surface area contributed by atoms with Crippen LogP contribution < -0.4 is 10.6 Å². The summed E-state index contributed by atoms with van der Waals surface area (Å²) in [5, 5.41) is 16.2. The van der Waals surface area contributed by atoms with E-state index in [2.05, 4.69) is 17.6 Å². The molecule has 0 bridgehead atoms. The summed E-state index contributed by atoms with van der Waals surface area (Å²) in [6, 6.07) is 12.2. The van der Waals surface area contributed by atoms with Crippen molar-refractivity contribution in [3.8, 4) is 0 Å². The van der Waals surface area contributed by atoms with Gasteiger partial charge < -0.3 is 10.6 Å². The Balaban J connectivity index is 1.95. The van der Waals surface area contributed by atoms with Crippen molar-refractivity contribution in [3.63, 3.8) is 0 Å². The van der Waals surface area contributed by atoms with Crippen LogP contribution in [0.3, 0.4) is 0 Å². The topological polar surface area (TPSA) is 101 Å². The molecule has 26 heavy (non-hydrogen) atoms. The van der Waals surface area contributed by atoms with Crippen LogP contribution in [0, 0.1) is 10.1 Å². The second-order valence-corrected chi connectivity index (χ2v) is 5.84. The van der Waals surface area contributed by atoms with Crippen molar-refractivity contribution >= 4 is 28.9 Å². The molecule has 7 heteroatoms. The Labute approximate surface area is 151 Å². The first-order valence-electron chi connectivity index (χ1n) is 8.45. The first kappa shape index (κ1) is 19.1. The Hall–Kier alpha value is -3.22. The molecule has 0 spiro atoms. The molecule has 136 valence electrons. The quantitative estimate of drug-likeness (QED) is 0.417. The fraction of sp³-hybridized carbons (Fsp3) is 0.263. The molecule has 2 aromatic rings. The molecule has 2 N–H and O–H groups in total. The number of hydrogen-bond acceptors (Lipinski definition) is 4. The lowest BCUT2D eigenvalue weighted by atomic mass is 10.1. The van der Waals surface area contributed by atoms with Gasteiger partial charge in [0, 0.05) is 35.5 Å². The number of unbranched alkanes of at least 4 members (excludes halogenated alkanes) is 2. The smallest absolute Gasteiger partial charge is 0.271 e. The van der Waals surface area contributed by atoms with Crippen molar-refractivity contribution in [2.24, 2.45) is 0 Å². The molecule has 0 heterocycles. The Morgan fingerprint density at radius 1 is 1.00 bits per heavy atom. The molecule has 2 amide bonds. The van der Waals surface area contributed by atoms with Crippen LogP contribution >= 0.6 is 0 Å². The highest BCUT2D eigenvalue weighted by atomic mass is 16.6. The van der Waals surface area contributed by atoms with Crippen LogP contribution in [-0.2, 0) is 4.79 Å². The van der Waals surface area contributed by atoms with Gasteiger partial charge in [0.1, 0.15) is 0 Å². The monoisotopic (exact) mass is 355 g/mol. The lowest BCUT2D eigenvalue weighted by molar-refractivity contribution is -0.384. The zero-order valence-corrected chi connectivity index (χ0v) is 14.5. The van der Waals surface area contributed by atoms with Crippen LogP contribution in [0.1, 0.15) is 43.0 Å². The minimum Gasteiger partial charge on any atom is -0.326 e. The van der Waals surface area contributed by atoms with Gasteiger partial charge in [0.2, 0.25) is 5.91 Å². The molecule has 0 aliphatic rings. The predicted octanol–water partition coefficient (Wildman–Crippen LogP) is 4.37. The number of carbonyl (C=O) groups is 2. The van der Waals surface area contributed by atoms with Gasteiger partial charge in [-0.1, -0.05) is 25.8 Å². The molecule has 7 nitrogen and oxygen atoms in total. The highest BCUT2D eigenvalue weighted by Gasteiger charge is 2.10. The number of nitro benzene ring substituents is 1. The number of nitrogens with one attached hydrogen (secondary N) is 2.